The van der Waals surface area contributed by atoms with Crippen molar-refractivity contribution in [2.24, 2.45) is 10.9 Å². The van der Waals surface area contributed by atoms with Crippen molar-refractivity contribution in [2.45, 2.75) is 39.8 Å². The Hall–Kier alpha value is -2.28. The van der Waals surface area contributed by atoms with Crippen LogP contribution in [0.1, 0.15) is 32.3 Å². The number of furan rings is 1. The number of aliphatic hydroxyl groups is 1. The summed E-state index contributed by atoms with van der Waals surface area (Å²) in [4.78, 5) is 4.50. The van der Waals surface area contributed by atoms with Crippen LogP contribution in [0.3, 0.4) is 0 Å². The Morgan fingerprint density at radius 1 is 1.44 bits per heavy atom. The fourth-order valence-corrected chi connectivity index (χ4v) is 2.44. The lowest BCUT2D eigenvalue weighted by Gasteiger charge is -2.20. The zero-order valence-corrected chi connectivity index (χ0v) is 15.5. The second kappa shape index (κ2) is 8.71. The van der Waals surface area contributed by atoms with Crippen molar-refractivity contribution in [1.29, 1.82) is 0 Å². The molecule has 2 rings (SSSR count). The minimum Gasteiger partial charge on any atom is -0.463 e. The Morgan fingerprint density at radius 3 is 2.84 bits per heavy atom. The smallest absolute Gasteiger partial charge is 0.191 e. The minimum absolute atomic E-state index is 0.211. The maximum Gasteiger partial charge on any atom is 0.191 e. The molecule has 2 atom stereocenters. The van der Waals surface area contributed by atoms with Crippen LogP contribution in [-0.4, -0.2) is 40.5 Å². The molecule has 2 aromatic rings. The summed E-state index contributed by atoms with van der Waals surface area (Å²) < 4.78 is 7.44. The van der Waals surface area contributed by atoms with Gasteiger partial charge in [-0.05, 0) is 44.9 Å². The van der Waals surface area contributed by atoms with Gasteiger partial charge in [0.05, 0.1) is 6.54 Å². The molecule has 3 N–H and O–H groups in total. The van der Waals surface area contributed by atoms with E-state index in [-0.39, 0.29) is 6.54 Å². The molecule has 2 aromatic heterocycles. The van der Waals surface area contributed by atoms with Crippen LogP contribution in [0.4, 0.5) is 0 Å². The first-order chi connectivity index (χ1) is 11.9. The number of nitrogens with one attached hydrogen (secondary N) is 2. The summed E-state index contributed by atoms with van der Waals surface area (Å²) in [6, 6.07) is 5.55. The van der Waals surface area contributed by atoms with Gasteiger partial charge in [-0.25, -0.2) is 4.99 Å². The van der Waals surface area contributed by atoms with Crippen molar-refractivity contribution >= 4 is 5.96 Å². The molecule has 25 heavy (non-hydrogen) atoms. The molecular formula is C18H29N5O2. The van der Waals surface area contributed by atoms with Crippen LogP contribution in [0.2, 0.25) is 0 Å². The van der Waals surface area contributed by atoms with E-state index in [4.69, 9.17) is 4.42 Å². The Morgan fingerprint density at radius 2 is 2.24 bits per heavy atom. The van der Waals surface area contributed by atoms with Gasteiger partial charge >= 0.3 is 0 Å². The molecule has 138 valence electrons. The van der Waals surface area contributed by atoms with Crippen LogP contribution in [0.15, 0.2) is 40.0 Å². The first kappa shape index (κ1) is 19.1. The third-order valence-corrected chi connectivity index (χ3v) is 3.84. The van der Waals surface area contributed by atoms with Crippen LogP contribution in [0.5, 0.6) is 0 Å². The maximum atomic E-state index is 10.6. The Balaban J connectivity index is 1.91. The number of rotatable bonds is 8. The Bertz CT molecular complexity index is 661. The molecule has 0 saturated carbocycles. The van der Waals surface area contributed by atoms with Gasteiger partial charge in [-0.2, -0.15) is 5.10 Å². The van der Waals surface area contributed by atoms with E-state index < -0.39 is 5.60 Å². The first-order valence-corrected chi connectivity index (χ1v) is 8.69. The molecule has 0 spiro atoms. The topological polar surface area (TPSA) is 87.6 Å². The average molecular weight is 347 g/mol. The molecule has 0 aliphatic heterocycles. The molecule has 0 aliphatic carbocycles. The number of aliphatic imine (C=N–C) groups is 1. The quantitative estimate of drug-likeness (QED) is 0.501. The molecular weight excluding hydrogens is 318 g/mol. The largest absolute Gasteiger partial charge is 0.463 e. The molecule has 2 unspecified atom stereocenters. The highest BCUT2D eigenvalue weighted by Gasteiger charge is 2.26. The standard InChI is InChI=1S/C18H29N5O2/c1-5-19-17(20-11-14(2)12-23-10-6-9-22-23)21-13-18(4,24)16-8-7-15(3)25-16/h6-10,14,24H,5,11-13H2,1-4H3,(H2,19,20,21). The van der Waals surface area contributed by atoms with Gasteiger partial charge in [0.25, 0.3) is 0 Å². The van der Waals surface area contributed by atoms with Gasteiger partial charge in [-0.1, -0.05) is 6.92 Å². The van der Waals surface area contributed by atoms with E-state index >= 15 is 0 Å². The van der Waals surface area contributed by atoms with Gasteiger partial charge in [-0.3, -0.25) is 4.68 Å². The fourth-order valence-electron chi connectivity index (χ4n) is 2.44. The second-order valence-electron chi connectivity index (χ2n) is 6.59. The van der Waals surface area contributed by atoms with Crippen molar-refractivity contribution in [3.63, 3.8) is 0 Å². The van der Waals surface area contributed by atoms with E-state index in [0.29, 0.717) is 17.6 Å². The minimum atomic E-state index is -1.14. The third-order valence-electron chi connectivity index (χ3n) is 3.84. The maximum absolute atomic E-state index is 10.6. The predicted molar refractivity (Wildman–Crippen MR) is 98.4 cm³/mol. The Labute approximate surface area is 149 Å². The molecule has 0 aromatic carbocycles. The second-order valence-corrected chi connectivity index (χ2v) is 6.59. The van der Waals surface area contributed by atoms with Crippen LogP contribution in [-0.2, 0) is 12.1 Å². The van der Waals surface area contributed by atoms with Gasteiger partial charge in [-0.15, -0.1) is 0 Å². The molecule has 7 heteroatoms. The lowest BCUT2D eigenvalue weighted by Crippen LogP contribution is -2.41. The van der Waals surface area contributed by atoms with Crippen LogP contribution in [0.25, 0.3) is 0 Å². The number of guanidine groups is 1. The molecule has 0 bridgehead atoms. The summed E-state index contributed by atoms with van der Waals surface area (Å²) in [7, 11) is 0. The summed E-state index contributed by atoms with van der Waals surface area (Å²) in [5.74, 6) is 2.36. The van der Waals surface area contributed by atoms with Crippen LogP contribution in [0, 0.1) is 12.8 Å². The number of hydrogen-bond acceptors (Lipinski definition) is 4. The highest BCUT2D eigenvalue weighted by atomic mass is 16.4. The molecule has 0 radical (unpaired) electrons. The van der Waals surface area contributed by atoms with Gasteiger partial charge in [0.1, 0.15) is 17.1 Å². The van der Waals surface area contributed by atoms with Gasteiger partial charge < -0.3 is 20.2 Å². The molecule has 0 saturated heterocycles. The lowest BCUT2D eigenvalue weighted by atomic mass is 10.0. The van der Waals surface area contributed by atoms with E-state index in [1.165, 1.54) is 0 Å². The predicted octanol–water partition coefficient (Wildman–Crippen LogP) is 1.88. The molecule has 0 aliphatic rings. The normalized spacial score (nSPS) is 15.6. The van der Waals surface area contributed by atoms with Crippen molar-refractivity contribution in [1.82, 2.24) is 20.4 Å². The summed E-state index contributed by atoms with van der Waals surface area (Å²) in [5.41, 5.74) is -1.14. The molecule has 0 fully saturated rings. The fraction of sp³-hybridized carbons (Fsp3) is 0.556. The van der Waals surface area contributed by atoms with Crippen molar-refractivity contribution < 1.29 is 9.52 Å². The van der Waals surface area contributed by atoms with Crippen molar-refractivity contribution in [2.75, 3.05) is 19.6 Å². The van der Waals surface area contributed by atoms with E-state index in [9.17, 15) is 5.11 Å². The number of nitrogens with zero attached hydrogens (tertiary/aromatic N) is 3. The monoisotopic (exact) mass is 347 g/mol. The van der Waals surface area contributed by atoms with E-state index in [2.05, 4.69) is 27.6 Å². The number of hydrogen-bond donors (Lipinski definition) is 3. The number of aromatic nitrogens is 2. The van der Waals surface area contributed by atoms with Crippen LogP contribution >= 0.6 is 0 Å². The summed E-state index contributed by atoms with van der Waals surface area (Å²) in [6.45, 7) is 10.3. The number of aryl methyl sites for hydroxylation is 1. The highest BCUT2D eigenvalue weighted by molar-refractivity contribution is 5.79. The average Bonchev–Trinajstić information content (AvgIpc) is 3.22. The first-order valence-electron chi connectivity index (χ1n) is 8.69. The molecule has 7 nitrogen and oxygen atoms in total. The van der Waals surface area contributed by atoms with Crippen molar-refractivity contribution in [3.05, 3.63) is 42.1 Å². The SMILES string of the molecule is CCNC(=NCC(C)(O)c1ccc(C)o1)NCC(C)Cn1cccn1. The van der Waals surface area contributed by atoms with Gasteiger partial charge in [0.15, 0.2) is 5.96 Å². The molecule has 0 amide bonds. The van der Waals surface area contributed by atoms with Crippen LogP contribution < -0.4 is 10.6 Å². The zero-order chi connectivity index (χ0) is 18.3. The Kier molecular flexibility index (Phi) is 6.64. The van der Waals surface area contributed by atoms with E-state index in [1.54, 1.807) is 19.2 Å². The zero-order valence-electron chi connectivity index (χ0n) is 15.5. The highest BCUT2D eigenvalue weighted by Crippen LogP contribution is 2.22. The lowest BCUT2D eigenvalue weighted by molar-refractivity contribution is 0.0428. The van der Waals surface area contributed by atoms with E-state index in [1.807, 2.05) is 36.9 Å². The summed E-state index contributed by atoms with van der Waals surface area (Å²) in [5, 5.41) is 21.3. The van der Waals surface area contributed by atoms with E-state index in [0.717, 1.165) is 25.4 Å². The third kappa shape index (κ3) is 5.94. The molecule has 2 heterocycles. The summed E-state index contributed by atoms with van der Waals surface area (Å²) >= 11 is 0. The summed E-state index contributed by atoms with van der Waals surface area (Å²) in [6.07, 6.45) is 3.74. The van der Waals surface area contributed by atoms with Gasteiger partial charge in [0.2, 0.25) is 0 Å². The van der Waals surface area contributed by atoms with Gasteiger partial charge in [0, 0.05) is 32.0 Å². The van der Waals surface area contributed by atoms with Crippen molar-refractivity contribution in [3.8, 4) is 0 Å².